The molecule has 2 rings (SSSR count). The maximum absolute atomic E-state index is 5.93. The quantitative estimate of drug-likeness (QED) is 0.874. The van der Waals surface area contributed by atoms with Crippen molar-refractivity contribution >= 4 is 38.9 Å². The molecule has 0 aliphatic heterocycles. The molecule has 1 saturated carbocycles. The number of thiophene rings is 1. The second-order valence-electron chi connectivity index (χ2n) is 3.11. The summed E-state index contributed by atoms with van der Waals surface area (Å²) in [5, 5.41) is 0. The highest BCUT2D eigenvalue weighted by molar-refractivity contribution is 9.10. The normalized spacial score (nSPS) is 27.6. The molecule has 0 amide bonds. The van der Waals surface area contributed by atoms with Crippen LogP contribution in [0.2, 0.25) is 4.34 Å². The lowest BCUT2D eigenvalue weighted by Crippen LogP contribution is -2.01. The van der Waals surface area contributed by atoms with Gasteiger partial charge >= 0.3 is 0 Å². The van der Waals surface area contributed by atoms with E-state index in [2.05, 4.69) is 22.0 Å². The lowest BCUT2D eigenvalue weighted by Gasteiger charge is -1.90. The molecular weight excluding hydrogens is 258 g/mol. The van der Waals surface area contributed by atoms with Crippen molar-refractivity contribution in [1.82, 2.24) is 0 Å². The van der Waals surface area contributed by atoms with Gasteiger partial charge in [-0.1, -0.05) is 11.6 Å². The molecule has 0 saturated heterocycles. The molecule has 4 heteroatoms. The molecule has 66 valence electrons. The first kappa shape index (κ1) is 9.00. The maximum atomic E-state index is 5.93. The molecule has 2 atom stereocenters. The molecule has 1 aliphatic carbocycles. The van der Waals surface area contributed by atoms with Crippen LogP contribution < -0.4 is 5.73 Å². The van der Waals surface area contributed by atoms with Crippen molar-refractivity contribution in [1.29, 1.82) is 0 Å². The van der Waals surface area contributed by atoms with E-state index in [4.69, 9.17) is 17.3 Å². The maximum Gasteiger partial charge on any atom is 0.107 e. The van der Waals surface area contributed by atoms with Crippen molar-refractivity contribution in [2.45, 2.75) is 12.3 Å². The molecule has 0 unspecified atom stereocenters. The summed E-state index contributed by atoms with van der Waals surface area (Å²) in [6.45, 7) is 0.803. The van der Waals surface area contributed by atoms with Gasteiger partial charge in [-0.2, -0.15) is 0 Å². The summed E-state index contributed by atoms with van der Waals surface area (Å²) < 4.78 is 1.87. The lowest BCUT2D eigenvalue weighted by atomic mass is 10.3. The Balaban J connectivity index is 2.15. The van der Waals surface area contributed by atoms with E-state index in [1.165, 1.54) is 11.3 Å². The Morgan fingerprint density at radius 3 is 2.92 bits per heavy atom. The Morgan fingerprint density at radius 2 is 2.50 bits per heavy atom. The van der Waals surface area contributed by atoms with Crippen LogP contribution in [-0.2, 0) is 0 Å². The van der Waals surface area contributed by atoms with Gasteiger partial charge in [0.15, 0.2) is 0 Å². The number of hydrogen-bond acceptors (Lipinski definition) is 2. The molecule has 1 fully saturated rings. The van der Waals surface area contributed by atoms with Crippen LogP contribution in [0.25, 0.3) is 0 Å². The van der Waals surface area contributed by atoms with E-state index >= 15 is 0 Å². The molecule has 0 aromatic carbocycles. The summed E-state index contributed by atoms with van der Waals surface area (Å²) in [6.07, 6.45) is 1.24. The lowest BCUT2D eigenvalue weighted by molar-refractivity contribution is 0.815. The highest BCUT2D eigenvalue weighted by Gasteiger charge is 2.38. The molecule has 2 N–H and O–H groups in total. The molecule has 12 heavy (non-hydrogen) atoms. The second kappa shape index (κ2) is 3.29. The number of halogens is 2. The Kier molecular flexibility index (Phi) is 2.47. The summed E-state index contributed by atoms with van der Waals surface area (Å²) in [7, 11) is 0. The van der Waals surface area contributed by atoms with Crippen molar-refractivity contribution < 1.29 is 0 Å². The Hall–Kier alpha value is 0.430. The van der Waals surface area contributed by atoms with Gasteiger partial charge < -0.3 is 5.73 Å². The van der Waals surface area contributed by atoms with Gasteiger partial charge in [-0.25, -0.2) is 0 Å². The van der Waals surface area contributed by atoms with Crippen molar-refractivity contribution in [3.63, 3.8) is 0 Å². The van der Waals surface area contributed by atoms with Crippen LogP contribution in [0, 0.1) is 5.92 Å². The van der Waals surface area contributed by atoms with Crippen molar-refractivity contribution in [2.24, 2.45) is 11.7 Å². The molecule has 0 radical (unpaired) electrons. The van der Waals surface area contributed by atoms with E-state index in [9.17, 15) is 0 Å². The number of hydrogen-bond donors (Lipinski definition) is 1. The van der Waals surface area contributed by atoms with Gasteiger partial charge in [0.2, 0.25) is 0 Å². The summed E-state index contributed by atoms with van der Waals surface area (Å²) in [6, 6.07) is 2.12. The fourth-order valence-electron chi connectivity index (χ4n) is 1.40. The number of rotatable bonds is 2. The van der Waals surface area contributed by atoms with Gasteiger partial charge in [0, 0.05) is 9.35 Å². The van der Waals surface area contributed by atoms with Crippen LogP contribution in [0.15, 0.2) is 10.5 Å². The van der Waals surface area contributed by atoms with Crippen molar-refractivity contribution in [3.8, 4) is 0 Å². The predicted octanol–water partition coefficient (Wildman–Crippen LogP) is 3.23. The summed E-state index contributed by atoms with van der Waals surface area (Å²) in [4.78, 5) is 1.38. The van der Waals surface area contributed by atoms with Crippen LogP contribution in [0.4, 0.5) is 0 Å². The van der Waals surface area contributed by atoms with E-state index in [0.717, 1.165) is 15.4 Å². The SMILES string of the molecule is NC[C@@H]1C[C@H]1c1cc(Br)c(Cl)s1. The van der Waals surface area contributed by atoms with Crippen LogP contribution in [0.1, 0.15) is 17.2 Å². The van der Waals surface area contributed by atoms with Crippen LogP contribution in [-0.4, -0.2) is 6.54 Å². The monoisotopic (exact) mass is 265 g/mol. The third-order valence-corrected chi connectivity index (χ3v) is 4.86. The predicted molar refractivity (Wildman–Crippen MR) is 56.9 cm³/mol. The molecule has 1 aromatic rings. The standard InChI is InChI=1S/C8H9BrClNS/c9-6-2-7(12-8(6)10)5-1-4(5)3-11/h2,4-5H,1,3,11H2/t4-,5+/m0/s1. The summed E-state index contributed by atoms with van der Waals surface area (Å²) in [5.74, 6) is 1.38. The topological polar surface area (TPSA) is 26.0 Å². The molecular formula is C8H9BrClNS. The fourth-order valence-corrected chi connectivity index (χ4v) is 3.35. The zero-order valence-corrected chi connectivity index (χ0v) is 9.55. The average molecular weight is 267 g/mol. The summed E-state index contributed by atoms with van der Waals surface area (Å²) in [5.41, 5.74) is 5.57. The first-order valence-electron chi connectivity index (χ1n) is 3.87. The fraction of sp³-hybridized carbons (Fsp3) is 0.500. The van der Waals surface area contributed by atoms with Crippen LogP contribution in [0.3, 0.4) is 0 Å². The molecule has 0 spiro atoms. The van der Waals surface area contributed by atoms with Gasteiger partial charge in [-0.05, 0) is 46.8 Å². The largest absolute Gasteiger partial charge is 0.330 e. The van der Waals surface area contributed by atoms with Crippen molar-refractivity contribution in [2.75, 3.05) is 6.54 Å². The minimum atomic E-state index is 0.684. The molecule has 1 aliphatic rings. The minimum Gasteiger partial charge on any atom is -0.330 e. The van der Waals surface area contributed by atoms with Gasteiger partial charge in [-0.15, -0.1) is 11.3 Å². The van der Waals surface area contributed by atoms with Gasteiger partial charge in [0.05, 0.1) is 0 Å². The first-order chi connectivity index (χ1) is 5.72. The average Bonchev–Trinajstić information content (AvgIpc) is 2.75. The Morgan fingerprint density at radius 1 is 1.75 bits per heavy atom. The van der Waals surface area contributed by atoms with Crippen molar-refractivity contribution in [3.05, 3.63) is 19.8 Å². The minimum absolute atomic E-state index is 0.684. The third-order valence-electron chi connectivity index (χ3n) is 2.25. The zero-order chi connectivity index (χ0) is 8.72. The van der Waals surface area contributed by atoms with Gasteiger partial charge in [0.25, 0.3) is 0 Å². The molecule has 1 nitrogen and oxygen atoms in total. The van der Waals surface area contributed by atoms with E-state index in [1.807, 2.05) is 0 Å². The van der Waals surface area contributed by atoms with Gasteiger partial charge in [-0.3, -0.25) is 0 Å². The zero-order valence-electron chi connectivity index (χ0n) is 6.39. The molecule has 0 bridgehead atoms. The number of nitrogens with two attached hydrogens (primary N) is 1. The van der Waals surface area contributed by atoms with Crippen LogP contribution >= 0.6 is 38.9 Å². The van der Waals surface area contributed by atoms with E-state index in [-0.39, 0.29) is 0 Å². The van der Waals surface area contributed by atoms with Crippen LogP contribution in [0.5, 0.6) is 0 Å². The van der Waals surface area contributed by atoms with Gasteiger partial charge in [0.1, 0.15) is 4.34 Å². The Labute approximate surface area is 89.0 Å². The van der Waals surface area contributed by atoms with E-state index in [1.54, 1.807) is 11.3 Å². The van der Waals surface area contributed by atoms with E-state index < -0.39 is 0 Å². The highest BCUT2D eigenvalue weighted by Crippen LogP contribution is 2.51. The molecule has 1 aromatic heterocycles. The first-order valence-corrected chi connectivity index (χ1v) is 5.86. The van der Waals surface area contributed by atoms with E-state index in [0.29, 0.717) is 11.8 Å². The Bertz CT molecular complexity index is 280. The highest BCUT2D eigenvalue weighted by atomic mass is 79.9. The third kappa shape index (κ3) is 1.55. The second-order valence-corrected chi connectivity index (χ2v) is 5.65. The molecule has 1 heterocycles. The smallest absolute Gasteiger partial charge is 0.107 e. The summed E-state index contributed by atoms with van der Waals surface area (Å²) >= 11 is 11.0.